The predicted molar refractivity (Wildman–Crippen MR) is 104 cm³/mol. The summed E-state index contributed by atoms with van der Waals surface area (Å²) in [5.41, 5.74) is -0.978. The Kier molecular flexibility index (Phi) is 8.29. The summed E-state index contributed by atoms with van der Waals surface area (Å²) in [4.78, 5) is 24.0. The van der Waals surface area contributed by atoms with Crippen LogP contribution in [0.1, 0.15) is 48.5 Å². The summed E-state index contributed by atoms with van der Waals surface area (Å²) in [7, 11) is 0. The molecule has 1 aliphatic carbocycles. The average Bonchev–Trinajstić information content (AvgIpc) is 2.75. The third-order valence-electron chi connectivity index (χ3n) is 5.35. The molecule has 2 rings (SSSR count). The number of benzene rings is 1. The van der Waals surface area contributed by atoms with Gasteiger partial charge in [-0.2, -0.15) is 0 Å². The van der Waals surface area contributed by atoms with E-state index in [1.807, 2.05) is 5.32 Å². The molecular formula is C21H26F2N2O5. The zero-order valence-corrected chi connectivity index (χ0v) is 16.6. The Bertz CT molecular complexity index is 794. The van der Waals surface area contributed by atoms with E-state index < -0.39 is 29.9 Å². The lowest BCUT2D eigenvalue weighted by molar-refractivity contribution is -0.149. The molecule has 5 N–H and O–H groups in total. The van der Waals surface area contributed by atoms with Gasteiger partial charge in [-0.15, -0.1) is 0 Å². The van der Waals surface area contributed by atoms with E-state index in [1.54, 1.807) is 12.1 Å². The Labute approximate surface area is 173 Å². The van der Waals surface area contributed by atoms with E-state index in [0.717, 1.165) is 25.7 Å². The fraction of sp³-hybridized carbons (Fsp3) is 0.524. The number of hydrogen-bond acceptors (Lipinski definition) is 5. The van der Waals surface area contributed by atoms with Crippen molar-refractivity contribution in [2.45, 2.75) is 50.7 Å². The molecule has 2 unspecified atom stereocenters. The van der Waals surface area contributed by atoms with Crippen molar-refractivity contribution in [3.05, 3.63) is 35.4 Å². The van der Waals surface area contributed by atoms with Crippen LogP contribution >= 0.6 is 0 Å². The number of alkyl halides is 2. The van der Waals surface area contributed by atoms with Gasteiger partial charge in [-0.25, -0.2) is 14.3 Å². The molecule has 0 bridgehead atoms. The molecule has 164 valence electrons. The molecular weight excluding hydrogens is 398 g/mol. The van der Waals surface area contributed by atoms with Crippen LogP contribution in [0.5, 0.6) is 0 Å². The van der Waals surface area contributed by atoms with Crippen LogP contribution in [0.2, 0.25) is 0 Å². The molecule has 0 heterocycles. The second-order valence-electron chi connectivity index (χ2n) is 7.66. The normalized spacial score (nSPS) is 21.7. The van der Waals surface area contributed by atoms with E-state index in [1.165, 1.54) is 17.6 Å². The fourth-order valence-corrected chi connectivity index (χ4v) is 3.26. The highest BCUT2D eigenvalue weighted by atomic mass is 19.3. The van der Waals surface area contributed by atoms with Crippen molar-refractivity contribution in [1.82, 2.24) is 10.8 Å². The number of aliphatic hydroxyl groups is 2. The minimum atomic E-state index is -3.34. The van der Waals surface area contributed by atoms with E-state index >= 15 is 0 Å². The van der Waals surface area contributed by atoms with Crippen molar-refractivity contribution in [3.8, 4) is 11.8 Å². The van der Waals surface area contributed by atoms with E-state index in [-0.39, 0.29) is 18.1 Å². The second kappa shape index (κ2) is 10.5. The number of carbonyl (C=O) groups excluding carboxylic acids is 2. The monoisotopic (exact) mass is 424 g/mol. The van der Waals surface area contributed by atoms with Crippen LogP contribution in [0.15, 0.2) is 24.3 Å². The van der Waals surface area contributed by atoms with E-state index in [2.05, 4.69) is 11.8 Å². The molecule has 0 radical (unpaired) electrons. The summed E-state index contributed by atoms with van der Waals surface area (Å²) in [6, 6.07) is 3.96. The third-order valence-corrected chi connectivity index (χ3v) is 5.35. The number of hydroxylamine groups is 1. The molecule has 1 aliphatic rings. The maximum Gasteiger partial charge on any atom is 0.269 e. The number of aliphatic hydroxyl groups excluding tert-OH is 1. The number of hydrogen-bond donors (Lipinski definition) is 5. The number of nitrogens with one attached hydrogen (secondary N) is 2. The summed E-state index contributed by atoms with van der Waals surface area (Å²) >= 11 is 0. The first-order valence-electron chi connectivity index (χ1n) is 9.66. The lowest BCUT2D eigenvalue weighted by Crippen LogP contribution is -2.61. The molecule has 1 aromatic rings. The van der Waals surface area contributed by atoms with E-state index in [4.69, 9.17) is 5.21 Å². The Balaban J connectivity index is 2.04. The van der Waals surface area contributed by atoms with Crippen LogP contribution in [-0.2, 0) is 4.79 Å². The Morgan fingerprint density at radius 2 is 1.80 bits per heavy atom. The molecule has 7 nitrogen and oxygen atoms in total. The van der Waals surface area contributed by atoms with Crippen molar-refractivity contribution < 1.29 is 33.8 Å². The standard InChI is InChI=1S/C21H26F2N2O5/c1-21(29,20(22)23)17(19(28)25-30)24-18(27)16-10-8-14(9-11-16)3-2-13-4-6-15(12-26)7-5-13/h8-11,13,15,17,20,26,29-30H,4-7,12H2,1H3,(H,24,27)(H,25,28). The predicted octanol–water partition coefficient (Wildman–Crippen LogP) is 1.46. The molecule has 9 heteroatoms. The van der Waals surface area contributed by atoms with Gasteiger partial charge in [0.15, 0.2) is 5.60 Å². The minimum absolute atomic E-state index is 0.0739. The Morgan fingerprint density at radius 3 is 2.30 bits per heavy atom. The SMILES string of the molecule is CC(O)(C(F)F)C(NC(=O)c1ccc(C#CC2CCC(CO)CC2)cc1)C(=O)NO. The maximum absolute atomic E-state index is 13.1. The summed E-state index contributed by atoms with van der Waals surface area (Å²) in [5.74, 6) is 4.60. The van der Waals surface area contributed by atoms with Crippen molar-refractivity contribution >= 4 is 11.8 Å². The highest BCUT2D eigenvalue weighted by molar-refractivity contribution is 5.97. The minimum Gasteiger partial charge on any atom is -0.396 e. The first kappa shape index (κ1) is 23.7. The first-order chi connectivity index (χ1) is 14.2. The van der Waals surface area contributed by atoms with Gasteiger partial charge in [-0.05, 0) is 62.8 Å². The summed E-state index contributed by atoms with van der Waals surface area (Å²) in [5, 5.41) is 29.8. The maximum atomic E-state index is 13.1. The van der Waals surface area contributed by atoms with Gasteiger partial charge in [0.1, 0.15) is 6.04 Å². The smallest absolute Gasteiger partial charge is 0.269 e. The van der Waals surface area contributed by atoms with Crippen LogP contribution in [0.3, 0.4) is 0 Å². The molecule has 0 spiro atoms. The molecule has 2 amide bonds. The topological polar surface area (TPSA) is 119 Å². The third kappa shape index (κ3) is 5.98. The van der Waals surface area contributed by atoms with Crippen LogP contribution in [0.4, 0.5) is 8.78 Å². The number of carbonyl (C=O) groups is 2. The van der Waals surface area contributed by atoms with Crippen LogP contribution in [0, 0.1) is 23.7 Å². The molecule has 1 fully saturated rings. The van der Waals surface area contributed by atoms with Crippen molar-refractivity contribution in [1.29, 1.82) is 0 Å². The van der Waals surface area contributed by atoms with Gasteiger partial charge in [0.2, 0.25) is 0 Å². The van der Waals surface area contributed by atoms with Gasteiger partial charge in [-0.1, -0.05) is 11.8 Å². The zero-order chi connectivity index (χ0) is 22.3. The highest BCUT2D eigenvalue weighted by Crippen LogP contribution is 2.28. The summed E-state index contributed by atoms with van der Waals surface area (Å²) in [6.07, 6.45) is 0.402. The van der Waals surface area contributed by atoms with Gasteiger partial charge in [-0.3, -0.25) is 14.8 Å². The van der Waals surface area contributed by atoms with Crippen molar-refractivity contribution in [2.24, 2.45) is 11.8 Å². The fourth-order valence-electron chi connectivity index (χ4n) is 3.26. The van der Waals surface area contributed by atoms with Crippen LogP contribution in [-0.4, -0.2) is 51.9 Å². The summed E-state index contributed by atoms with van der Waals surface area (Å²) in [6.45, 7) is 0.891. The van der Waals surface area contributed by atoms with Crippen LogP contribution < -0.4 is 10.8 Å². The van der Waals surface area contributed by atoms with Gasteiger partial charge < -0.3 is 15.5 Å². The lowest BCUT2D eigenvalue weighted by atomic mass is 9.83. The highest BCUT2D eigenvalue weighted by Gasteiger charge is 2.46. The number of halogens is 2. The molecule has 1 saturated carbocycles. The van der Waals surface area contributed by atoms with Crippen LogP contribution in [0.25, 0.3) is 0 Å². The average molecular weight is 424 g/mol. The number of amides is 2. The molecule has 30 heavy (non-hydrogen) atoms. The molecule has 2 atom stereocenters. The van der Waals surface area contributed by atoms with Gasteiger partial charge in [0.25, 0.3) is 18.2 Å². The Morgan fingerprint density at radius 1 is 1.20 bits per heavy atom. The first-order valence-corrected chi connectivity index (χ1v) is 9.66. The zero-order valence-electron chi connectivity index (χ0n) is 16.6. The van der Waals surface area contributed by atoms with E-state index in [0.29, 0.717) is 18.4 Å². The van der Waals surface area contributed by atoms with Gasteiger partial charge >= 0.3 is 0 Å². The van der Waals surface area contributed by atoms with E-state index in [9.17, 15) is 28.6 Å². The van der Waals surface area contributed by atoms with Crippen molar-refractivity contribution in [3.63, 3.8) is 0 Å². The van der Waals surface area contributed by atoms with Gasteiger partial charge in [0.05, 0.1) is 0 Å². The number of rotatable bonds is 6. The van der Waals surface area contributed by atoms with Gasteiger partial charge in [0, 0.05) is 23.7 Å². The molecule has 0 saturated heterocycles. The molecule has 0 aliphatic heterocycles. The Hall–Kier alpha value is -2.54. The summed E-state index contributed by atoms with van der Waals surface area (Å²) < 4.78 is 26.1. The molecule has 0 aromatic heterocycles. The second-order valence-corrected chi connectivity index (χ2v) is 7.66. The molecule has 1 aromatic carbocycles. The quantitative estimate of drug-likeness (QED) is 0.269. The largest absolute Gasteiger partial charge is 0.396 e. The van der Waals surface area contributed by atoms with Crippen molar-refractivity contribution in [2.75, 3.05) is 6.61 Å². The lowest BCUT2D eigenvalue weighted by Gasteiger charge is -2.30.